The quantitative estimate of drug-likeness (QED) is 0.621. The van der Waals surface area contributed by atoms with Crippen LogP contribution in [0.4, 0.5) is 0 Å². The number of benzene rings is 1. The highest BCUT2D eigenvalue weighted by molar-refractivity contribution is 5.79. The van der Waals surface area contributed by atoms with Gasteiger partial charge in [0.15, 0.2) is 5.96 Å². The maximum Gasteiger partial charge on any atom is 0.191 e. The van der Waals surface area contributed by atoms with Crippen LogP contribution in [-0.2, 0) is 0 Å². The summed E-state index contributed by atoms with van der Waals surface area (Å²) < 4.78 is 5.87. The zero-order valence-corrected chi connectivity index (χ0v) is 13.2. The molecule has 0 bridgehead atoms. The highest BCUT2D eigenvalue weighted by Crippen LogP contribution is 2.14. The van der Waals surface area contributed by atoms with E-state index in [1.807, 2.05) is 25.1 Å². The molecule has 112 valence electrons. The first kappa shape index (κ1) is 16.3. The van der Waals surface area contributed by atoms with Gasteiger partial charge in [0, 0.05) is 12.6 Å². The number of hydrogen-bond acceptors (Lipinski definition) is 2. The van der Waals surface area contributed by atoms with Gasteiger partial charge in [-0.1, -0.05) is 12.1 Å². The molecule has 1 aromatic rings. The van der Waals surface area contributed by atoms with E-state index in [-0.39, 0.29) is 6.10 Å². The van der Waals surface area contributed by atoms with Crippen molar-refractivity contribution in [1.29, 1.82) is 0 Å². The van der Waals surface area contributed by atoms with Crippen molar-refractivity contribution >= 4 is 5.96 Å². The van der Waals surface area contributed by atoms with Crippen LogP contribution in [0.3, 0.4) is 0 Å². The lowest BCUT2D eigenvalue weighted by Crippen LogP contribution is -2.41. The number of guanidine groups is 1. The van der Waals surface area contributed by atoms with Crippen LogP contribution in [0.25, 0.3) is 0 Å². The number of hydrogen-bond donors (Lipinski definition) is 2. The summed E-state index contributed by atoms with van der Waals surface area (Å²) in [6, 6.07) is 8.44. The van der Waals surface area contributed by atoms with Crippen molar-refractivity contribution in [2.45, 2.75) is 46.8 Å². The van der Waals surface area contributed by atoms with Crippen LogP contribution in [-0.4, -0.2) is 31.2 Å². The summed E-state index contributed by atoms with van der Waals surface area (Å²) in [7, 11) is 0. The first-order valence-electron chi connectivity index (χ1n) is 7.29. The molecule has 0 saturated carbocycles. The topological polar surface area (TPSA) is 45.7 Å². The van der Waals surface area contributed by atoms with Gasteiger partial charge in [0.2, 0.25) is 0 Å². The van der Waals surface area contributed by atoms with Crippen molar-refractivity contribution in [3.05, 3.63) is 29.8 Å². The Balaban J connectivity index is 2.53. The monoisotopic (exact) mass is 277 g/mol. The summed E-state index contributed by atoms with van der Waals surface area (Å²) in [5, 5.41) is 6.52. The van der Waals surface area contributed by atoms with E-state index >= 15 is 0 Å². The first-order valence-corrected chi connectivity index (χ1v) is 7.29. The summed E-state index contributed by atoms with van der Waals surface area (Å²) in [5.41, 5.74) is 1.20. The molecule has 0 fully saturated rings. The third kappa shape index (κ3) is 6.45. The van der Waals surface area contributed by atoms with Crippen molar-refractivity contribution in [2.75, 3.05) is 13.1 Å². The van der Waals surface area contributed by atoms with Crippen LogP contribution in [0.5, 0.6) is 5.75 Å². The van der Waals surface area contributed by atoms with Crippen LogP contribution < -0.4 is 15.4 Å². The minimum absolute atomic E-state index is 0.0411. The smallest absolute Gasteiger partial charge is 0.191 e. The van der Waals surface area contributed by atoms with Crippen molar-refractivity contribution in [1.82, 2.24) is 10.6 Å². The lowest BCUT2D eigenvalue weighted by Gasteiger charge is -2.16. The third-order valence-electron chi connectivity index (χ3n) is 2.60. The lowest BCUT2D eigenvalue weighted by molar-refractivity contribution is 0.230. The van der Waals surface area contributed by atoms with Gasteiger partial charge in [0.1, 0.15) is 11.9 Å². The SMILES string of the molecule is CCNC(=NCC(C)Oc1cccc(C)c1)NC(C)C. The second kappa shape index (κ2) is 8.46. The minimum Gasteiger partial charge on any atom is -0.489 e. The van der Waals surface area contributed by atoms with E-state index in [0.717, 1.165) is 18.3 Å². The Morgan fingerprint density at radius 2 is 2.05 bits per heavy atom. The molecule has 0 saturated heterocycles. The lowest BCUT2D eigenvalue weighted by atomic mass is 10.2. The van der Waals surface area contributed by atoms with Gasteiger partial charge in [-0.2, -0.15) is 0 Å². The van der Waals surface area contributed by atoms with Crippen LogP contribution in [0.2, 0.25) is 0 Å². The maximum atomic E-state index is 5.87. The van der Waals surface area contributed by atoms with Gasteiger partial charge in [-0.3, -0.25) is 0 Å². The van der Waals surface area contributed by atoms with Crippen LogP contribution in [0, 0.1) is 6.92 Å². The second-order valence-electron chi connectivity index (χ2n) is 5.26. The molecule has 0 aliphatic heterocycles. The molecule has 4 nitrogen and oxygen atoms in total. The van der Waals surface area contributed by atoms with E-state index in [0.29, 0.717) is 12.6 Å². The number of nitrogens with one attached hydrogen (secondary N) is 2. The largest absolute Gasteiger partial charge is 0.489 e. The third-order valence-corrected chi connectivity index (χ3v) is 2.60. The first-order chi connectivity index (χ1) is 9.51. The molecule has 2 N–H and O–H groups in total. The van der Waals surface area contributed by atoms with E-state index in [9.17, 15) is 0 Å². The summed E-state index contributed by atoms with van der Waals surface area (Å²) in [6.45, 7) is 11.8. The highest BCUT2D eigenvalue weighted by atomic mass is 16.5. The van der Waals surface area contributed by atoms with Crippen molar-refractivity contribution in [3.63, 3.8) is 0 Å². The fourth-order valence-electron chi connectivity index (χ4n) is 1.77. The van der Waals surface area contributed by atoms with Crippen molar-refractivity contribution in [2.24, 2.45) is 4.99 Å². The fraction of sp³-hybridized carbons (Fsp3) is 0.562. The van der Waals surface area contributed by atoms with E-state index in [1.165, 1.54) is 5.56 Å². The van der Waals surface area contributed by atoms with Gasteiger partial charge in [0.05, 0.1) is 6.54 Å². The molecule has 0 amide bonds. The molecule has 0 spiro atoms. The molecule has 0 radical (unpaired) electrons. The van der Waals surface area contributed by atoms with Gasteiger partial charge < -0.3 is 15.4 Å². The Labute approximate surface area is 122 Å². The van der Waals surface area contributed by atoms with Crippen molar-refractivity contribution < 1.29 is 4.74 Å². The van der Waals surface area contributed by atoms with E-state index in [1.54, 1.807) is 0 Å². The highest BCUT2D eigenvalue weighted by Gasteiger charge is 2.05. The molecule has 1 atom stereocenters. The zero-order chi connectivity index (χ0) is 15.0. The Morgan fingerprint density at radius 3 is 2.65 bits per heavy atom. The Kier molecular flexibility index (Phi) is 6.91. The van der Waals surface area contributed by atoms with Gasteiger partial charge in [0.25, 0.3) is 0 Å². The molecule has 20 heavy (non-hydrogen) atoms. The molecular weight excluding hydrogens is 250 g/mol. The number of ether oxygens (including phenoxy) is 1. The summed E-state index contributed by atoms with van der Waals surface area (Å²) >= 11 is 0. The Bertz CT molecular complexity index is 429. The van der Waals surface area contributed by atoms with Gasteiger partial charge >= 0.3 is 0 Å². The Morgan fingerprint density at radius 1 is 1.30 bits per heavy atom. The summed E-state index contributed by atoms with van der Waals surface area (Å²) in [4.78, 5) is 4.54. The molecule has 4 heteroatoms. The molecule has 1 aromatic carbocycles. The summed E-state index contributed by atoms with van der Waals surface area (Å²) in [6.07, 6.45) is 0.0411. The summed E-state index contributed by atoms with van der Waals surface area (Å²) in [5.74, 6) is 1.73. The number of rotatable bonds is 6. The molecule has 0 aromatic heterocycles. The normalized spacial score (nSPS) is 13.2. The van der Waals surface area contributed by atoms with E-state index in [4.69, 9.17) is 4.74 Å². The number of aryl methyl sites for hydroxylation is 1. The standard InChI is InChI=1S/C16H27N3O/c1-6-17-16(19-12(2)3)18-11-14(5)20-15-9-7-8-13(4)10-15/h7-10,12,14H,6,11H2,1-5H3,(H2,17,18,19). The van der Waals surface area contributed by atoms with Crippen LogP contribution in [0.15, 0.2) is 29.3 Å². The van der Waals surface area contributed by atoms with Gasteiger partial charge in [-0.05, 0) is 52.3 Å². The predicted octanol–water partition coefficient (Wildman–Crippen LogP) is 2.73. The molecule has 0 aliphatic carbocycles. The average molecular weight is 277 g/mol. The molecule has 0 heterocycles. The van der Waals surface area contributed by atoms with Gasteiger partial charge in [-0.25, -0.2) is 4.99 Å². The fourth-order valence-corrected chi connectivity index (χ4v) is 1.77. The maximum absolute atomic E-state index is 5.87. The average Bonchev–Trinajstić information content (AvgIpc) is 2.35. The molecule has 1 rings (SSSR count). The van der Waals surface area contributed by atoms with Gasteiger partial charge in [-0.15, -0.1) is 0 Å². The minimum atomic E-state index is 0.0411. The van der Waals surface area contributed by atoms with E-state index in [2.05, 4.69) is 49.4 Å². The number of aliphatic imine (C=N–C) groups is 1. The van der Waals surface area contributed by atoms with Crippen LogP contribution in [0.1, 0.15) is 33.3 Å². The molecule has 0 aliphatic rings. The molecular formula is C16H27N3O. The Hall–Kier alpha value is -1.71. The zero-order valence-electron chi connectivity index (χ0n) is 13.2. The van der Waals surface area contributed by atoms with Crippen LogP contribution >= 0.6 is 0 Å². The second-order valence-corrected chi connectivity index (χ2v) is 5.26. The van der Waals surface area contributed by atoms with Crippen molar-refractivity contribution in [3.8, 4) is 5.75 Å². The number of nitrogens with zero attached hydrogens (tertiary/aromatic N) is 1. The predicted molar refractivity (Wildman–Crippen MR) is 85.5 cm³/mol. The molecule has 1 unspecified atom stereocenters. The van der Waals surface area contributed by atoms with E-state index < -0.39 is 0 Å².